The van der Waals surface area contributed by atoms with E-state index < -0.39 is 0 Å². The van der Waals surface area contributed by atoms with E-state index in [9.17, 15) is 0 Å². The van der Waals surface area contributed by atoms with Crippen molar-refractivity contribution in [3.8, 4) is 11.3 Å². The van der Waals surface area contributed by atoms with Crippen LogP contribution in [0.15, 0.2) is 50.9 Å². The van der Waals surface area contributed by atoms with Gasteiger partial charge in [0, 0.05) is 10.0 Å². The third-order valence-electron chi connectivity index (χ3n) is 2.76. The van der Waals surface area contributed by atoms with Crippen molar-refractivity contribution < 1.29 is 9.52 Å². The summed E-state index contributed by atoms with van der Waals surface area (Å²) in [5.41, 5.74) is 2.01. The van der Waals surface area contributed by atoms with Gasteiger partial charge in [-0.3, -0.25) is 0 Å². The average Bonchev–Trinajstić information content (AvgIpc) is 2.85. The van der Waals surface area contributed by atoms with Crippen LogP contribution >= 0.6 is 15.9 Å². The minimum atomic E-state index is 0.0742. The number of furan rings is 1. The third-order valence-corrected chi connectivity index (χ3v) is 3.29. The summed E-state index contributed by atoms with van der Waals surface area (Å²) in [5.74, 6) is 1.61. The lowest BCUT2D eigenvalue weighted by Gasteiger charge is -1.98. The van der Waals surface area contributed by atoms with Crippen molar-refractivity contribution in [2.75, 3.05) is 6.61 Å². The summed E-state index contributed by atoms with van der Waals surface area (Å²) < 4.78 is 6.79. The van der Waals surface area contributed by atoms with Crippen molar-refractivity contribution in [2.24, 2.45) is 0 Å². The second kappa shape index (κ2) is 6.03. The molecule has 0 saturated carbocycles. The van der Waals surface area contributed by atoms with Crippen LogP contribution in [0.3, 0.4) is 0 Å². The Balaban J connectivity index is 2.25. The molecular formula is C15H15BrO2. The summed E-state index contributed by atoms with van der Waals surface area (Å²) in [4.78, 5) is 0. The normalized spacial score (nSPS) is 11.8. The van der Waals surface area contributed by atoms with Crippen LogP contribution in [0.4, 0.5) is 0 Å². The first-order chi connectivity index (χ1) is 8.72. The molecule has 0 aliphatic heterocycles. The van der Waals surface area contributed by atoms with Gasteiger partial charge in [-0.05, 0) is 42.3 Å². The number of hydrogen-bond acceptors (Lipinski definition) is 2. The van der Waals surface area contributed by atoms with Gasteiger partial charge in [-0.2, -0.15) is 0 Å². The summed E-state index contributed by atoms with van der Waals surface area (Å²) in [6, 6.07) is 11.8. The van der Waals surface area contributed by atoms with Crippen molar-refractivity contribution in [1.29, 1.82) is 0 Å². The van der Waals surface area contributed by atoms with E-state index in [0.717, 1.165) is 33.6 Å². The predicted octanol–water partition coefficient (Wildman–Crippen LogP) is 4.49. The van der Waals surface area contributed by atoms with E-state index in [1.165, 1.54) is 0 Å². The number of halogens is 1. The zero-order valence-corrected chi connectivity index (χ0v) is 11.8. The lowest BCUT2D eigenvalue weighted by Crippen LogP contribution is -1.86. The molecule has 1 aromatic carbocycles. The molecule has 2 rings (SSSR count). The van der Waals surface area contributed by atoms with Crippen LogP contribution in [0, 0.1) is 0 Å². The molecule has 0 radical (unpaired) electrons. The first-order valence-corrected chi connectivity index (χ1v) is 6.68. The molecule has 1 heterocycles. The van der Waals surface area contributed by atoms with Gasteiger partial charge in [0.1, 0.15) is 11.5 Å². The molecule has 0 aliphatic carbocycles. The smallest absolute Gasteiger partial charge is 0.134 e. The molecule has 0 atom stereocenters. The van der Waals surface area contributed by atoms with Gasteiger partial charge in [-0.15, -0.1) is 0 Å². The van der Waals surface area contributed by atoms with E-state index >= 15 is 0 Å². The zero-order valence-electron chi connectivity index (χ0n) is 10.2. The Morgan fingerprint density at radius 2 is 1.94 bits per heavy atom. The molecule has 0 amide bonds. The first-order valence-electron chi connectivity index (χ1n) is 5.89. The van der Waals surface area contributed by atoms with Gasteiger partial charge >= 0.3 is 0 Å². The van der Waals surface area contributed by atoms with Crippen LogP contribution in [-0.2, 0) is 0 Å². The highest BCUT2D eigenvalue weighted by atomic mass is 79.9. The Hall–Kier alpha value is -1.32. The molecule has 3 heteroatoms. The third kappa shape index (κ3) is 3.12. The van der Waals surface area contributed by atoms with E-state index in [2.05, 4.69) is 15.9 Å². The maximum atomic E-state index is 9.13. The Labute approximate surface area is 115 Å². The van der Waals surface area contributed by atoms with Crippen LogP contribution in [0.1, 0.15) is 19.1 Å². The van der Waals surface area contributed by atoms with Gasteiger partial charge in [0.15, 0.2) is 0 Å². The largest absolute Gasteiger partial charge is 0.457 e. The van der Waals surface area contributed by atoms with Crippen LogP contribution < -0.4 is 0 Å². The lowest BCUT2D eigenvalue weighted by atomic mass is 10.2. The van der Waals surface area contributed by atoms with Crippen LogP contribution in [-0.4, -0.2) is 11.7 Å². The van der Waals surface area contributed by atoms with E-state index in [1.54, 1.807) is 0 Å². The van der Waals surface area contributed by atoms with Crippen molar-refractivity contribution in [1.82, 2.24) is 0 Å². The minimum Gasteiger partial charge on any atom is -0.457 e. The van der Waals surface area contributed by atoms with Gasteiger partial charge in [0.05, 0.1) is 6.61 Å². The summed E-state index contributed by atoms with van der Waals surface area (Å²) in [7, 11) is 0. The molecule has 0 fully saturated rings. The van der Waals surface area contributed by atoms with Crippen LogP contribution in [0.25, 0.3) is 17.4 Å². The fourth-order valence-electron chi connectivity index (χ4n) is 1.66. The summed E-state index contributed by atoms with van der Waals surface area (Å²) in [6.07, 6.45) is 2.72. The highest BCUT2D eigenvalue weighted by Crippen LogP contribution is 2.25. The molecule has 0 bridgehead atoms. The van der Waals surface area contributed by atoms with Gasteiger partial charge in [0.25, 0.3) is 0 Å². The number of benzene rings is 1. The van der Waals surface area contributed by atoms with Gasteiger partial charge < -0.3 is 9.52 Å². The second-order valence-corrected chi connectivity index (χ2v) is 4.94. The van der Waals surface area contributed by atoms with Crippen molar-refractivity contribution >= 4 is 22.0 Å². The lowest BCUT2D eigenvalue weighted by molar-refractivity contribution is 0.328. The van der Waals surface area contributed by atoms with Gasteiger partial charge in [0.2, 0.25) is 0 Å². The van der Waals surface area contributed by atoms with E-state index in [4.69, 9.17) is 9.52 Å². The summed E-state index contributed by atoms with van der Waals surface area (Å²) in [6.45, 7) is 2.09. The Morgan fingerprint density at radius 3 is 2.56 bits per heavy atom. The Bertz CT molecular complexity index is 532. The average molecular weight is 307 g/mol. The number of rotatable bonds is 4. The maximum absolute atomic E-state index is 9.13. The minimum absolute atomic E-state index is 0.0742. The monoisotopic (exact) mass is 306 g/mol. The van der Waals surface area contributed by atoms with Crippen molar-refractivity contribution in [2.45, 2.75) is 13.3 Å². The van der Waals surface area contributed by atoms with E-state index in [0.29, 0.717) is 0 Å². The maximum Gasteiger partial charge on any atom is 0.134 e. The molecular weight excluding hydrogens is 292 g/mol. The highest BCUT2D eigenvalue weighted by Gasteiger charge is 2.03. The number of aliphatic hydroxyl groups is 1. The Morgan fingerprint density at radius 1 is 1.22 bits per heavy atom. The molecule has 18 heavy (non-hydrogen) atoms. The first kappa shape index (κ1) is 13.1. The molecule has 2 aromatic rings. The molecule has 1 aromatic heterocycles. The second-order valence-electron chi connectivity index (χ2n) is 4.02. The predicted molar refractivity (Wildman–Crippen MR) is 77.2 cm³/mol. The van der Waals surface area contributed by atoms with Crippen LogP contribution in [0.5, 0.6) is 0 Å². The van der Waals surface area contributed by atoms with Crippen molar-refractivity contribution in [3.05, 3.63) is 52.2 Å². The molecule has 1 N–H and O–H groups in total. The fraction of sp³-hybridized carbons (Fsp3) is 0.200. The van der Waals surface area contributed by atoms with Crippen LogP contribution in [0.2, 0.25) is 0 Å². The summed E-state index contributed by atoms with van der Waals surface area (Å²) >= 11 is 3.41. The molecule has 0 aliphatic rings. The highest BCUT2D eigenvalue weighted by molar-refractivity contribution is 9.10. The van der Waals surface area contributed by atoms with Crippen molar-refractivity contribution in [3.63, 3.8) is 0 Å². The van der Waals surface area contributed by atoms with E-state index in [1.807, 2.05) is 49.4 Å². The van der Waals surface area contributed by atoms with E-state index in [-0.39, 0.29) is 6.61 Å². The molecule has 2 nitrogen and oxygen atoms in total. The molecule has 0 unspecified atom stereocenters. The summed E-state index contributed by atoms with van der Waals surface area (Å²) in [5, 5.41) is 9.13. The Kier molecular flexibility index (Phi) is 4.39. The number of hydrogen-bond donors (Lipinski definition) is 1. The quantitative estimate of drug-likeness (QED) is 0.902. The van der Waals surface area contributed by atoms with Gasteiger partial charge in [-0.25, -0.2) is 0 Å². The molecule has 0 saturated heterocycles. The molecule has 94 valence electrons. The van der Waals surface area contributed by atoms with Gasteiger partial charge in [-0.1, -0.05) is 35.0 Å². The fourth-order valence-corrected chi connectivity index (χ4v) is 1.92. The molecule has 0 spiro atoms. The standard InChI is InChI=1S/C15H15BrO2/c1-2-11(10-17)9-14-7-8-15(18-14)12-3-5-13(16)6-4-12/h3-9,17H,2,10H2,1H3. The number of aliphatic hydroxyl groups excluding tert-OH is 1. The SMILES string of the molecule is CCC(=Cc1ccc(-c2ccc(Br)cc2)o1)CO. The topological polar surface area (TPSA) is 33.4 Å². The zero-order chi connectivity index (χ0) is 13.0.